The molecule has 0 heterocycles. The van der Waals surface area contributed by atoms with Crippen LogP contribution in [0, 0.1) is 6.92 Å². The van der Waals surface area contributed by atoms with E-state index in [2.05, 4.69) is 9.93 Å². The highest BCUT2D eigenvalue weighted by atomic mass is 32.2. The van der Waals surface area contributed by atoms with Crippen LogP contribution in [0.1, 0.15) is 16.7 Å². The number of rotatable bonds is 4. The molecule has 1 aliphatic carbocycles. The van der Waals surface area contributed by atoms with Gasteiger partial charge in [0.1, 0.15) is 28.7 Å². The molecule has 0 amide bonds. The van der Waals surface area contributed by atoms with Crippen LogP contribution >= 0.6 is 0 Å². The number of sulfonamides is 1. The fraction of sp³-hybridized carbons (Fsp3) is 0.190. The average molecular weight is 428 g/mol. The summed E-state index contributed by atoms with van der Waals surface area (Å²) < 4.78 is 34.3. The number of ether oxygens (including phenoxy) is 2. The smallest absolute Gasteiger partial charge is 0.244 e. The zero-order valence-corrected chi connectivity index (χ0v) is 17.6. The van der Waals surface area contributed by atoms with Gasteiger partial charge in [-0.1, -0.05) is 12.1 Å². The van der Waals surface area contributed by atoms with Crippen molar-refractivity contribution in [3.8, 4) is 34.1 Å². The topological polar surface area (TPSA) is 117 Å². The van der Waals surface area contributed by atoms with E-state index in [9.17, 15) is 18.6 Å². The van der Waals surface area contributed by atoms with Crippen LogP contribution in [0.2, 0.25) is 0 Å². The van der Waals surface area contributed by atoms with Crippen LogP contribution < -0.4 is 14.3 Å². The molecule has 0 unspecified atom stereocenters. The molecular weight excluding hydrogens is 408 g/mol. The number of phenols is 2. The van der Waals surface area contributed by atoms with Crippen molar-refractivity contribution in [3.63, 3.8) is 0 Å². The molecule has 0 spiro atoms. The Hall–Kier alpha value is -3.46. The Morgan fingerprint density at radius 3 is 2.30 bits per heavy atom. The lowest BCUT2D eigenvalue weighted by Gasteiger charge is -2.15. The monoisotopic (exact) mass is 428 g/mol. The van der Waals surface area contributed by atoms with Crippen molar-refractivity contribution < 1.29 is 28.1 Å². The maximum atomic E-state index is 11.7. The molecular formula is C21H20N2O6S. The first-order chi connectivity index (χ1) is 14.2. The molecule has 4 rings (SSSR count). The van der Waals surface area contributed by atoms with E-state index in [1.165, 1.54) is 14.2 Å². The minimum absolute atomic E-state index is 0.0929. The maximum Gasteiger partial charge on any atom is 0.244 e. The van der Waals surface area contributed by atoms with Gasteiger partial charge < -0.3 is 19.7 Å². The lowest BCUT2D eigenvalue weighted by Crippen LogP contribution is -2.18. The molecule has 156 valence electrons. The molecule has 3 N–H and O–H groups in total. The predicted molar refractivity (Wildman–Crippen MR) is 114 cm³/mol. The summed E-state index contributed by atoms with van der Waals surface area (Å²) in [6.07, 6.45) is 0.978. The van der Waals surface area contributed by atoms with Gasteiger partial charge in [0.2, 0.25) is 10.0 Å². The maximum absolute atomic E-state index is 11.7. The first-order valence-corrected chi connectivity index (χ1v) is 10.9. The summed E-state index contributed by atoms with van der Waals surface area (Å²) >= 11 is 0. The Balaban J connectivity index is 2.21. The zero-order valence-electron chi connectivity index (χ0n) is 16.8. The zero-order chi connectivity index (χ0) is 21.8. The van der Waals surface area contributed by atoms with Crippen molar-refractivity contribution in [2.75, 3.05) is 20.5 Å². The molecule has 3 aromatic carbocycles. The minimum Gasteiger partial charge on any atom is -0.507 e. The number of hydrogen-bond acceptors (Lipinski definition) is 7. The van der Waals surface area contributed by atoms with Crippen molar-refractivity contribution in [1.82, 2.24) is 4.83 Å². The number of nitrogens with one attached hydrogen (secondary N) is 1. The second kappa shape index (κ2) is 6.81. The summed E-state index contributed by atoms with van der Waals surface area (Å²) in [5.74, 6) is 0.551. The molecule has 0 aliphatic heterocycles. The fourth-order valence-electron chi connectivity index (χ4n) is 3.85. The molecule has 0 saturated carbocycles. The normalized spacial score (nSPS) is 13.9. The van der Waals surface area contributed by atoms with Gasteiger partial charge >= 0.3 is 0 Å². The number of benzene rings is 3. The van der Waals surface area contributed by atoms with Crippen molar-refractivity contribution in [3.05, 3.63) is 47.0 Å². The SMILES string of the molecule is COc1cc(C)cc2c1-c1c(c(O)c3c(OC)cccc3c1O)/C2=N\NS(C)(=O)=O. The lowest BCUT2D eigenvalue weighted by atomic mass is 9.96. The van der Waals surface area contributed by atoms with Gasteiger partial charge in [0.25, 0.3) is 0 Å². The van der Waals surface area contributed by atoms with Crippen LogP contribution in [0.15, 0.2) is 35.4 Å². The summed E-state index contributed by atoms with van der Waals surface area (Å²) in [5.41, 5.74) is 2.57. The van der Waals surface area contributed by atoms with Gasteiger partial charge in [-0.15, -0.1) is 0 Å². The van der Waals surface area contributed by atoms with E-state index in [4.69, 9.17) is 9.47 Å². The van der Waals surface area contributed by atoms with Crippen molar-refractivity contribution >= 4 is 26.5 Å². The highest BCUT2D eigenvalue weighted by Gasteiger charge is 2.36. The third-order valence-corrected chi connectivity index (χ3v) is 5.42. The van der Waals surface area contributed by atoms with Crippen LogP contribution in [0.25, 0.3) is 21.9 Å². The number of nitrogens with zero attached hydrogens (tertiary/aromatic N) is 1. The molecule has 0 atom stereocenters. The van der Waals surface area contributed by atoms with E-state index in [0.29, 0.717) is 39.0 Å². The van der Waals surface area contributed by atoms with Crippen molar-refractivity contribution in [2.45, 2.75) is 6.92 Å². The highest BCUT2D eigenvalue weighted by molar-refractivity contribution is 7.88. The third-order valence-electron chi connectivity index (χ3n) is 4.99. The summed E-state index contributed by atoms with van der Waals surface area (Å²) in [5, 5.41) is 27.2. The van der Waals surface area contributed by atoms with Gasteiger partial charge in [-0.25, -0.2) is 13.2 Å². The molecule has 0 aromatic heterocycles. The molecule has 0 radical (unpaired) electrons. The molecule has 0 saturated heterocycles. The van der Waals surface area contributed by atoms with E-state index >= 15 is 0 Å². The lowest BCUT2D eigenvalue weighted by molar-refractivity contribution is 0.414. The summed E-state index contributed by atoms with van der Waals surface area (Å²) in [6, 6.07) is 8.61. The first-order valence-electron chi connectivity index (χ1n) is 8.96. The number of fused-ring (bicyclic) bond motifs is 4. The molecule has 30 heavy (non-hydrogen) atoms. The van der Waals surface area contributed by atoms with E-state index in [0.717, 1.165) is 11.8 Å². The molecule has 0 bridgehead atoms. The van der Waals surface area contributed by atoms with E-state index in [-0.39, 0.29) is 22.8 Å². The van der Waals surface area contributed by atoms with Gasteiger partial charge in [0, 0.05) is 22.1 Å². The Labute approximate surface area is 173 Å². The third kappa shape index (κ3) is 2.89. The largest absolute Gasteiger partial charge is 0.507 e. The Morgan fingerprint density at radius 2 is 1.67 bits per heavy atom. The van der Waals surface area contributed by atoms with Crippen LogP contribution in [0.5, 0.6) is 23.0 Å². The standard InChI is InChI=1S/C21H20N2O6S/c1-10-8-12-15(14(9-10)29-3)17-18(19(12)22-23-30(4,26)27)21(25)16-11(20(17)24)6-5-7-13(16)28-2/h5-9,23-25H,1-4H3/b22-19-. The summed E-state index contributed by atoms with van der Waals surface area (Å²) in [7, 11) is -0.701. The Kier molecular flexibility index (Phi) is 4.50. The molecule has 0 fully saturated rings. The van der Waals surface area contributed by atoms with Crippen molar-refractivity contribution in [1.29, 1.82) is 0 Å². The molecule has 3 aromatic rings. The number of methoxy groups -OCH3 is 2. The number of phenolic OH excluding ortho intramolecular Hbond substituents is 2. The molecule has 8 nitrogen and oxygen atoms in total. The van der Waals surface area contributed by atoms with Crippen LogP contribution in [-0.4, -0.2) is 44.8 Å². The second-order valence-electron chi connectivity index (χ2n) is 7.04. The van der Waals surface area contributed by atoms with E-state index in [1.54, 1.807) is 30.3 Å². The number of hydrogen-bond donors (Lipinski definition) is 3. The summed E-state index contributed by atoms with van der Waals surface area (Å²) in [4.78, 5) is 2.12. The van der Waals surface area contributed by atoms with Gasteiger partial charge in [-0.05, 0) is 30.7 Å². The predicted octanol–water partition coefficient (Wildman–Crippen LogP) is 2.86. The van der Waals surface area contributed by atoms with Crippen molar-refractivity contribution in [2.24, 2.45) is 5.10 Å². The van der Waals surface area contributed by atoms with E-state index in [1.807, 2.05) is 6.92 Å². The first kappa shape index (κ1) is 19.8. The molecule has 9 heteroatoms. The number of aryl methyl sites for hydroxylation is 1. The fourth-order valence-corrected chi connectivity index (χ4v) is 4.11. The quantitative estimate of drug-likeness (QED) is 0.340. The summed E-state index contributed by atoms with van der Waals surface area (Å²) in [6.45, 7) is 1.85. The Bertz CT molecular complexity index is 1350. The van der Waals surface area contributed by atoms with Gasteiger partial charge in [-0.3, -0.25) is 0 Å². The molecule has 1 aliphatic rings. The van der Waals surface area contributed by atoms with Gasteiger partial charge in [0.05, 0.1) is 31.4 Å². The van der Waals surface area contributed by atoms with Gasteiger partial charge in [-0.2, -0.15) is 5.10 Å². The number of hydrazone groups is 1. The Morgan fingerprint density at radius 1 is 0.967 bits per heavy atom. The minimum atomic E-state index is -3.66. The van der Waals surface area contributed by atoms with Crippen LogP contribution in [0.3, 0.4) is 0 Å². The van der Waals surface area contributed by atoms with Gasteiger partial charge in [0.15, 0.2) is 0 Å². The highest BCUT2D eigenvalue weighted by Crippen LogP contribution is 2.55. The van der Waals surface area contributed by atoms with E-state index < -0.39 is 10.0 Å². The van der Waals surface area contributed by atoms with Crippen LogP contribution in [-0.2, 0) is 10.0 Å². The second-order valence-corrected chi connectivity index (χ2v) is 8.77. The average Bonchev–Trinajstić information content (AvgIpc) is 3.03. The number of aromatic hydroxyl groups is 2. The van der Waals surface area contributed by atoms with Crippen LogP contribution in [0.4, 0.5) is 0 Å².